The average Bonchev–Trinajstić information content (AvgIpc) is 2.76. The molecule has 0 aliphatic rings. The molecule has 96 valence electrons. The first kappa shape index (κ1) is 11.6. The first-order valence-electron chi connectivity index (χ1n) is 6.06. The quantitative estimate of drug-likeness (QED) is 0.752. The topological polar surface area (TPSA) is 62.5 Å². The third kappa shape index (κ3) is 2.01. The highest BCUT2D eigenvalue weighted by molar-refractivity contribution is 6.05. The molecule has 0 amide bonds. The second-order valence-corrected chi connectivity index (χ2v) is 4.51. The van der Waals surface area contributed by atoms with Crippen LogP contribution in [0.4, 0.5) is 5.69 Å². The summed E-state index contributed by atoms with van der Waals surface area (Å²) in [6.07, 6.45) is 0. The van der Waals surface area contributed by atoms with Gasteiger partial charge < -0.3 is 14.8 Å². The number of nitrogens with one attached hydrogen (secondary N) is 1. The van der Waals surface area contributed by atoms with Gasteiger partial charge in [0.25, 0.3) is 0 Å². The van der Waals surface area contributed by atoms with Crippen molar-refractivity contribution in [3.63, 3.8) is 0 Å². The molecule has 2 aromatic carbocycles. The Labute approximate surface area is 109 Å². The molecule has 0 saturated carbocycles. The Morgan fingerprint density at radius 1 is 1.16 bits per heavy atom. The lowest BCUT2D eigenvalue weighted by Gasteiger charge is -2.10. The molecule has 0 aliphatic heterocycles. The Morgan fingerprint density at radius 3 is 2.68 bits per heavy atom. The fraction of sp³-hybridized carbons (Fsp3) is 0.133. The zero-order valence-electron chi connectivity index (χ0n) is 10.4. The number of rotatable bonds is 3. The number of anilines is 1. The SMILES string of the molecule is CC(Nc1ccc2c(c1)oc1ccccc12)C(=O)O. The van der Waals surface area contributed by atoms with Gasteiger partial charge in [0.15, 0.2) is 0 Å². The van der Waals surface area contributed by atoms with Gasteiger partial charge in [0.1, 0.15) is 17.2 Å². The summed E-state index contributed by atoms with van der Waals surface area (Å²) in [5.41, 5.74) is 2.33. The molecular formula is C15H13NO3. The van der Waals surface area contributed by atoms with Crippen LogP contribution in [0.3, 0.4) is 0 Å². The van der Waals surface area contributed by atoms with Gasteiger partial charge in [-0.05, 0) is 25.1 Å². The van der Waals surface area contributed by atoms with Crippen molar-refractivity contribution >= 4 is 33.6 Å². The molecule has 1 atom stereocenters. The molecule has 1 aromatic heterocycles. The number of furan rings is 1. The third-order valence-corrected chi connectivity index (χ3v) is 3.13. The molecule has 0 bridgehead atoms. The van der Waals surface area contributed by atoms with Crippen LogP contribution in [0.1, 0.15) is 6.92 Å². The second kappa shape index (κ2) is 4.31. The van der Waals surface area contributed by atoms with Crippen LogP contribution in [0, 0.1) is 0 Å². The van der Waals surface area contributed by atoms with Crippen molar-refractivity contribution in [2.75, 3.05) is 5.32 Å². The lowest BCUT2D eigenvalue weighted by atomic mass is 10.1. The molecule has 4 nitrogen and oxygen atoms in total. The first-order valence-corrected chi connectivity index (χ1v) is 6.06. The van der Waals surface area contributed by atoms with Crippen LogP contribution < -0.4 is 5.32 Å². The number of carbonyl (C=O) groups is 1. The van der Waals surface area contributed by atoms with Crippen LogP contribution in [0.25, 0.3) is 21.9 Å². The highest BCUT2D eigenvalue weighted by Gasteiger charge is 2.11. The summed E-state index contributed by atoms with van der Waals surface area (Å²) >= 11 is 0. The highest BCUT2D eigenvalue weighted by atomic mass is 16.4. The fourth-order valence-corrected chi connectivity index (χ4v) is 2.13. The van der Waals surface area contributed by atoms with Crippen LogP contribution in [-0.2, 0) is 4.79 Å². The minimum absolute atomic E-state index is 0.637. The van der Waals surface area contributed by atoms with E-state index in [1.165, 1.54) is 0 Å². The third-order valence-electron chi connectivity index (χ3n) is 3.13. The van der Waals surface area contributed by atoms with Crippen molar-refractivity contribution in [2.45, 2.75) is 13.0 Å². The number of carboxylic acid groups (broad SMARTS) is 1. The van der Waals surface area contributed by atoms with Crippen molar-refractivity contribution in [3.05, 3.63) is 42.5 Å². The molecule has 1 unspecified atom stereocenters. The standard InChI is InChI=1S/C15H13NO3/c1-9(15(17)18)16-10-6-7-12-11-4-2-3-5-13(11)19-14(12)8-10/h2-9,16H,1H3,(H,17,18). The molecule has 0 aliphatic carbocycles. The molecular weight excluding hydrogens is 242 g/mol. The van der Waals surface area contributed by atoms with Crippen molar-refractivity contribution in [3.8, 4) is 0 Å². The zero-order valence-corrected chi connectivity index (χ0v) is 10.4. The summed E-state index contributed by atoms with van der Waals surface area (Å²) in [5.74, 6) is -0.885. The van der Waals surface area contributed by atoms with Gasteiger partial charge in [-0.1, -0.05) is 18.2 Å². The summed E-state index contributed by atoms with van der Waals surface area (Å²) in [4.78, 5) is 10.8. The molecule has 3 rings (SSSR count). The van der Waals surface area contributed by atoms with E-state index in [4.69, 9.17) is 9.52 Å². The molecule has 4 heteroatoms. The monoisotopic (exact) mass is 255 g/mol. The number of carboxylic acids is 1. The molecule has 2 N–H and O–H groups in total. The lowest BCUT2D eigenvalue weighted by molar-refractivity contribution is -0.137. The van der Waals surface area contributed by atoms with E-state index in [0.717, 1.165) is 27.6 Å². The Kier molecular flexibility index (Phi) is 2.63. The molecule has 19 heavy (non-hydrogen) atoms. The molecule has 0 fully saturated rings. The van der Waals surface area contributed by atoms with Gasteiger partial charge in [-0.2, -0.15) is 0 Å². The summed E-state index contributed by atoms with van der Waals surface area (Å²) < 4.78 is 5.75. The van der Waals surface area contributed by atoms with Crippen molar-refractivity contribution in [1.29, 1.82) is 0 Å². The van der Waals surface area contributed by atoms with Gasteiger partial charge in [-0.15, -0.1) is 0 Å². The van der Waals surface area contributed by atoms with Crippen LogP contribution in [0.5, 0.6) is 0 Å². The maximum Gasteiger partial charge on any atom is 0.325 e. The Bertz CT molecular complexity index is 760. The summed E-state index contributed by atoms with van der Waals surface area (Å²) in [5, 5.41) is 13.9. The van der Waals surface area contributed by atoms with Gasteiger partial charge in [-0.3, -0.25) is 4.79 Å². The molecule has 3 aromatic rings. The van der Waals surface area contributed by atoms with E-state index in [1.807, 2.05) is 42.5 Å². The van der Waals surface area contributed by atoms with Crippen LogP contribution in [0.15, 0.2) is 46.9 Å². The second-order valence-electron chi connectivity index (χ2n) is 4.51. The van der Waals surface area contributed by atoms with E-state index < -0.39 is 12.0 Å². The summed E-state index contributed by atoms with van der Waals surface area (Å²) in [6, 6.07) is 12.8. The van der Waals surface area contributed by atoms with Crippen LogP contribution in [0.2, 0.25) is 0 Å². The van der Waals surface area contributed by atoms with Crippen molar-refractivity contribution in [1.82, 2.24) is 0 Å². The Balaban J connectivity index is 2.06. The lowest BCUT2D eigenvalue weighted by Crippen LogP contribution is -2.25. The van der Waals surface area contributed by atoms with Crippen molar-refractivity contribution in [2.24, 2.45) is 0 Å². The number of benzene rings is 2. The van der Waals surface area contributed by atoms with E-state index in [0.29, 0.717) is 0 Å². The van der Waals surface area contributed by atoms with Gasteiger partial charge >= 0.3 is 5.97 Å². The van der Waals surface area contributed by atoms with E-state index in [9.17, 15) is 4.79 Å². The highest BCUT2D eigenvalue weighted by Crippen LogP contribution is 2.30. The molecule has 0 saturated heterocycles. The largest absolute Gasteiger partial charge is 0.480 e. The minimum atomic E-state index is -0.885. The van der Waals surface area contributed by atoms with Crippen LogP contribution in [-0.4, -0.2) is 17.1 Å². The van der Waals surface area contributed by atoms with Crippen LogP contribution >= 0.6 is 0 Å². The predicted molar refractivity (Wildman–Crippen MR) is 74.4 cm³/mol. The fourth-order valence-electron chi connectivity index (χ4n) is 2.13. The molecule has 0 radical (unpaired) electrons. The normalized spacial score (nSPS) is 12.7. The first-order chi connectivity index (χ1) is 9.15. The zero-order chi connectivity index (χ0) is 13.4. The minimum Gasteiger partial charge on any atom is -0.480 e. The van der Waals surface area contributed by atoms with E-state index >= 15 is 0 Å². The van der Waals surface area contributed by atoms with Gasteiger partial charge in [-0.25, -0.2) is 0 Å². The molecule has 0 spiro atoms. The number of para-hydroxylation sites is 1. The van der Waals surface area contributed by atoms with E-state index in [1.54, 1.807) is 6.92 Å². The number of hydrogen-bond acceptors (Lipinski definition) is 3. The van der Waals surface area contributed by atoms with Crippen molar-refractivity contribution < 1.29 is 14.3 Å². The summed E-state index contributed by atoms with van der Waals surface area (Å²) in [6.45, 7) is 1.60. The maximum atomic E-state index is 10.8. The Morgan fingerprint density at radius 2 is 1.89 bits per heavy atom. The molecule has 1 heterocycles. The van der Waals surface area contributed by atoms with E-state index in [2.05, 4.69) is 5.32 Å². The smallest absolute Gasteiger partial charge is 0.325 e. The number of fused-ring (bicyclic) bond motifs is 3. The maximum absolute atomic E-state index is 10.8. The predicted octanol–water partition coefficient (Wildman–Crippen LogP) is 3.47. The average molecular weight is 255 g/mol. The van der Waals surface area contributed by atoms with Gasteiger partial charge in [0.05, 0.1) is 0 Å². The summed E-state index contributed by atoms with van der Waals surface area (Å²) in [7, 11) is 0. The van der Waals surface area contributed by atoms with E-state index in [-0.39, 0.29) is 0 Å². The van der Waals surface area contributed by atoms with Gasteiger partial charge in [0.2, 0.25) is 0 Å². The number of aliphatic carboxylic acids is 1. The Hall–Kier alpha value is -2.49. The number of hydrogen-bond donors (Lipinski definition) is 2. The van der Waals surface area contributed by atoms with Gasteiger partial charge in [0, 0.05) is 22.5 Å².